The first kappa shape index (κ1) is 10.3. The summed E-state index contributed by atoms with van der Waals surface area (Å²) >= 11 is 0. The molecule has 0 aromatic carbocycles. The third kappa shape index (κ3) is 2.88. The molecule has 1 N–H and O–H groups in total. The highest BCUT2D eigenvalue weighted by molar-refractivity contribution is 5.67. The van der Waals surface area contributed by atoms with Crippen LogP contribution in [0.5, 0.6) is 0 Å². The van der Waals surface area contributed by atoms with E-state index in [9.17, 15) is 4.79 Å². The van der Waals surface area contributed by atoms with E-state index in [0.29, 0.717) is 6.04 Å². The molecule has 0 saturated carbocycles. The molecule has 1 unspecified atom stereocenters. The highest BCUT2D eigenvalue weighted by atomic mass is 16.5. The number of methoxy groups -OCH3 is 1. The van der Waals surface area contributed by atoms with Crippen molar-refractivity contribution in [3.8, 4) is 0 Å². The Morgan fingerprint density at radius 3 is 2.77 bits per heavy atom. The summed E-state index contributed by atoms with van der Waals surface area (Å²) in [5.74, 6) is 0. The number of amides is 1. The zero-order valence-electron chi connectivity index (χ0n) is 8.54. The van der Waals surface area contributed by atoms with Crippen LogP contribution in [-0.2, 0) is 4.74 Å². The SMILES string of the molecule is COC(=O)NC1CCN(C(C)C)C1. The van der Waals surface area contributed by atoms with E-state index in [4.69, 9.17) is 0 Å². The first-order valence-corrected chi connectivity index (χ1v) is 4.72. The molecular weight excluding hydrogens is 168 g/mol. The van der Waals surface area contributed by atoms with Crippen LogP contribution in [0.3, 0.4) is 0 Å². The van der Waals surface area contributed by atoms with Gasteiger partial charge in [0.2, 0.25) is 0 Å². The van der Waals surface area contributed by atoms with Gasteiger partial charge in [0, 0.05) is 25.2 Å². The van der Waals surface area contributed by atoms with Crippen molar-refractivity contribution in [2.24, 2.45) is 0 Å². The maximum Gasteiger partial charge on any atom is 0.407 e. The summed E-state index contributed by atoms with van der Waals surface area (Å²) in [7, 11) is 1.39. The van der Waals surface area contributed by atoms with Crippen molar-refractivity contribution in [3.05, 3.63) is 0 Å². The lowest BCUT2D eigenvalue weighted by Crippen LogP contribution is -2.38. The van der Waals surface area contributed by atoms with Crippen LogP contribution in [0, 0.1) is 0 Å². The lowest BCUT2D eigenvalue weighted by molar-refractivity contribution is 0.166. The largest absolute Gasteiger partial charge is 0.453 e. The first-order valence-electron chi connectivity index (χ1n) is 4.72. The minimum Gasteiger partial charge on any atom is -0.453 e. The number of nitrogens with one attached hydrogen (secondary N) is 1. The van der Waals surface area contributed by atoms with Crippen LogP contribution in [-0.4, -0.2) is 43.3 Å². The average Bonchev–Trinajstić information content (AvgIpc) is 2.52. The molecule has 1 saturated heterocycles. The van der Waals surface area contributed by atoms with Crippen molar-refractivity contribution in [1.82, 2.24) is 10.2 Å². The molecular formula is C9H18N2O2. The number of hydrogen-bond acceptors (Lipinski definition) is 3. The van der Waals surface area contributed by atoms with Gasteiger partial charge in [0.1, 0.15) is 0 Å². The molecule has 1 atom stereocenters. The molecule has 0 spiro atoms. The molecule has 0 aromatic rings. The second kappa shape index (κ2) is 4.46. The van der Waals surface area contributed by atoms with Crippen molar-refractivity contribution in [3.63, 3.8) is 0 Å². The third-order valence-electron chi connectivity index (χ3n) is 2.46. The van der Waals surface area contributed by atoms with Gasteiger partial charge in [-0.05, 0) is 20.3 Å². The molecule has 1 rings (SSSR count). The van der Waals surface area contributed by atoms with Gasteiger partial charge in [0.15, 0.2) is 0 Å². The molecule has 0 bridgehead atoms. The molecule has 1 heterocycles. The van der Waals surface area contributed by atoms with Crippen LogP contribution in [0.15, 0.2) is 0 Å². The summed E-state index contributed by atoms with van der Waals surface area (Å²) in [5, 5.41) is 2.81. The number of rotatable bonds is 2. The molecule has 0 aliphatic carbocycles. The monoisotopic (exact) mass is 186 g/mol. The Labute approximate surface area is 79.2 Å². The quantitative estimate of drug-likeness (QED) is 0.694. The van der Waals surface area contributed by atoms with Crippen LogP contribution in [0.25, 0.3) is 0 Å². The van der Waals surface area contributed by atoms with E-state index < -0.39 is 0 Å². The summed E-state index contributed by atoms with van der Waals surface area (Å²) in [6.07, 6.45) is 0.698. The number of alkyl carbamates (subject to hydrolysis) is 1. The van der Waals surface area contributed by atoms with E-state index in [-0.39, 0.29) is 12.1 Å². The van der Waals surface area contributed by atoms with Gasteiger partial charge >= 0.3 is 6.09 Å². The van der Waals surface area contributed by atoms with Crippen molar-refractivity contribution in [2.75, 3.05) is 20.2 Å². The van der Waals surface area contributed by atoms with Crippen molar-refractivity contribution in [2.45, 2.75) is 32.4 Å². The minimum absolute atomic E-state index is 0.259. The standard InChI is InChI=1S/C9H18N2O2/c1-7(2)11-5-4-8(6-11)10-9(12)13-3/h7-8H,4-6H2,1-3H3,(H,10,12). The highest BCUT2D eigenvalue weighted by Gasteiger charge is 2.25. The summed E-state index contributed by atoms with van der Waals surface area (Å²) in [6.45, 7) is 6.33. The van der Waals surface area contributed by atoms with E-state index in [2.05, 4.69) is 28.8 Å². The fraction of sp³-hybridized carbons (Fsp3) is 0.889. The van der Waals surface area contributed by atoms with Gasteiger partial charge in [-0.2, -0.15) is 0 Å². The Bertz CT molecular complexity index is 182. The Hall–Kier alpha value is -0.770. The van der Waals surface area contributed by atoms with Gasteiger partial charge < -0.3 is 10.1 Å². The van der Waals surface area contributed by atoms with E-state index >= 15 is 0 Å². The molecule has 1 aliphatic rings. The second-order valence-electron chi connectivity index (χ2n) is 3.71. The smallest absolute Gasteiger partial charge is 0.407 e. The molecule has 0 aromatic heterocycles. The van der Waals surface area contributed by atoms with Gasteiger partial charge in [-0.1, -0.05) is 0 Å². The summed E-state index contributed by atoms with van der Waals surface area (Å²) in [5.41, 5.74) is 0. The molecule has 4 heteroatoms. The second-order valence-corrected chi connectivity index (χ2v) is 3.71. The van der Waals surface area contributed by atoms with Crippen LogP contribution in [0.4, 0.5) is 4.79 Å². The van der Waals surface area contributed by atoms with Crippen molar-refractivity contribution >= 4 is 6.09 Å². The molecule has 4 nitrogen and oxygen atoms in total. The maximum absolute atomic E-state index is 10.9. The van der Waals surface area contributed by atoms with E-state index in [1.807, 2.05) is 0 Å². The molecule has 76 valence electrons. The number of likely N-dealkylation sites (tertiary alicyclic amines) is 1. The molecule has 0 radical (unpaired) electrons. The normalized spacial score (nSPS) is 23.5. The summed E-state index contributed by atoms with van der Waals surface area (Å²) in [6, 6.07) is 0.819. The Balaban J connectivity index is 2.29. The van der Waals surface area contributed by atoms with Gasteiger partial charge in [-0.25, -0.2) is 4.79 Å². The molecule has 1 fully saturated rings. The van der Waals surface area contributed by atoms with Gasteiger partial charge in [0.05, 0.1) is 7.11 Å². The Morgan fingerprint density at radius 2 is 2.31 bits per heavy atom. The number of nitrogens with zero attached hydrogens (tertiary/aromatic N) is 1. The number of carbonyl (C=O) groups excluding carboxylic acids is 1. The number of hydrogen-bond donors (Lipinski definition) is 1. The van der Waals surface area contributed by atoms with Gasteiger partial charge in [0.25, 0.3) is 0 Å². The summed E-state index contributed by atoms with van der Waals surface area (Å²) < 4.78 is 4.54. The fourth-order valence-electron chi connectivity index (χ4n) is 1.60. The zero-order valence-corrected chi connectivity index (χ0v) is 8.54. The lowest BCUT2D eigenvalue weighted by atomic mass is 10.3. The molecule has 13 heavy (non-hydrogen) atoms. The van der Waals surface area contributed by atoms with Gasteiger partial charge in [-0.3, -0.25) is 4.90 Å². The Kier molecular flexibility index (Phi) is 3.54. The molecule has 1 amide bonds. The molecule has 1 aliphatic heterocycles. The number of ether oxygens (including phenoxy) is 1. The van der Waals surface area contributed by atoms with Gasteiger partial charge in [-0.15, -0.1) is 0 Å². The highest BCUT2D eigenvalue weighted by Crippen LogP contribution is 2.12. The van der Waals surface area contributed by atoms with E-state index in [1.54, 1.807) is 0 Å². The van der Waals surface area contributed by atoms with Crippen LogP contribution in [0.2, 0.25) is 0 Å². The Morgan fingerprint density at radius 1 is 1.62 bits per heavy atom. The van der Waals surface area contributed by atoms with Crippen molar-refractivity contribution in [1.29, 1.82) is 0 Å². The maximum atomic E-state index is 10.9. The third-order valence-corrected chi connectivity index (χ3v) is 2.46. The number of carbonyl (C=O) groups is 1. The van der Waals surface area contributed by atoms with Crippen LogP contribution in [0.1, 0.15) is 20.3 Å². The van der Waals surface area contributed by atoms with E-state index in [1.165, 1.54) is 7.11 Å². The fourth-order valence-corrected chi connectivity index (χ4v) is 1.60. The lowest BCUT2D eigenvalue weighted by Gasteiger charge is -2.20. The van der Waals surface area contributed by atoms with E-state index in [0.717, 1.165) is 19.5 Å². The zero-order chi connectivity index (χ0) is 9.84. The predicted molar refractivity (Wildman–Crippen MR) is 50.7 cm³/mol. The first-order chi connectivity index (χ1) is 6.13. The topological polar surface area (TPSA) is 41.6 Å². The average molecular weight is 186 g/mol. The summed E-state index contributed by atoms with van der Waals surface area (Å²) in [4.78, 5) is 13.2. The minimum atomic E-state index is -0.324. The van der Waals surface area contributed by atoms with Crippen LogP contribution < -0.4 is 5.32 Å². The predicted octanol–water partition coefficient (Wildman–Crippen LogP) is 0.825. The van der Waals surface area contributed by atoms with Crippen molar-refractivity contribution < 1.29 is 9.53 Å². The van der Waals surface area contributed by atoms with Crippen LogP contribution >= 0.6 is 0 Å².